The van der Waals surface area contributed by atoms with Crippen LogP contribution >= 0.6 is 47.8 Å². The molecule has 0 aromatic heterocycles. The Kier molecular flexibility index (Phi) is 4.98. The van der Waals surface area contributed by atoms with E-state index < -0.39 is 0 Å². The zero-order valence-corrected chi connectivity index (χ0v) is 9.83. The van der Waals surface area contributed by atoms with Gasteiger partial charge in [-0.15, -0.1) is 0 Å². The summed E-state index contributed by atoms with van der Waals surface area (Å²) < 4.78 is -0.0586. The average Bonchev–Trinajstić information content (AvgIpc) is 1.62. The van der Waals surface area contributed by atoms with E-state index in [-0.39, 0.29) is 14.7 Å². The van der Waals surface area contributed by atoms with Crippen molar-refractivity contribution in [2.75, 3.05) is 6.61 Å². The molecule has 0 aromatic carbocycles. The van der Waals surface area contributed by atoms with Crippen LogP contribution in [0.1, 0.15) is 13.3 Å². The van der Waals surface area contributed by atoms with Crippen LogP contribution in [-0.2, 0) is 0 Å². The van der Waals surface area contributed by atoms with Gasteiger partial charge in [-0.25, -0.2) is 0 Å². The van der Waals surface area contributed by atoms with Crippen LogP contribution in [0.5, 0.6) is 0 Å². The first-order valence-electron chi connectivity index (χ1n) is 2.58. The summed E-state index contributed by atoms with van der Waals surface area (Å²) in [6, 6.07) is 0. The van der Waals surface area contributed by atoms with E-state index in [4.69, 9.17) is 5.11 Å². The molecule has 0 bridgehead atoms. The first-order valence-corrected chi connectivity index (χ1v) is 5.08. The van der Waals surface area contributed by atoms with Gasteiger partial charge in [0.25, 0.3) is 0 Å². The normalized spacial score (nSPS) is 15.7. The third-order valence-corrected chi connectivity index (χ3v) is 2.04. The molecule has 0 fully saturated rings. The van der Waals surface area contributed by atoms with Gasteiger partial charge in [0.1, 0.15) is 0 Å². The largest absolute Gasteiger partial charge is 0.395 e. The Morgan fingerprint density at radius 3 is 2.11 bits per heavy atom. The van der Waals surface area contributed by atoms with Crippen LogP contribution in [0.15, 0.2) is 0 Å². The third kappa shape index (κ3) is 7.30. The SMILES string of the molecule is CC(Br)(Br)CC(Br)CO. The molecule has 1 nitrogen and oxygen atoms in total. The van der Waals surface area contributed by atoms with Crippen LogP contribution in [-0.4, -0.2) is 19.8 Å². The smallest absolute Gasteiger partial charge is 0.0789 e. The van der Waals surface area contributed by atoms with Gasteiger partial charge < -0.3 is 5.11 Å². The summed E-state index contributed by atoms with van der Waals surface area (Å²) in [5.41, 5.74) is 0. The van der Waals surface area contributed by atoms with Crippen molar-refractivity contribution in [1.29, 1.82) is 0 Å². The minimum Gasteiger partial charge on any atom is -0.395 e. The molecule has 0 aliphatic heterocycles. The molecule has 0 saturated carbocycles. The molecule has 1 unspecified atom stereocenters. The molecule has 1 atom stereocenters. The number of hydrogen-bond acceptors (Lipinski definition) is 1. The minimum absolute atomic E-state index is 0.0586. The molecular weight excluding hydrogens is 316 g/mol. The Morgan fingerprint density at radius 2 is 2.00 bits per heavy atom. The quantitative estimate of drug-likeness (QED) is 0.791. The lowest BCUT2D eigenvalue weighted by Crippen LogP contribution is -2.15. The van der Waals surface area contributed by atoms with Gasteiger partial charge in [-0.1, -0.05) is 47.8 Å². The maximum Gasteiger partial charge on any atom is 0.0789 e. The highest BCUT2D eigenvalue weighted by molar-refractivity contribution is 9.25. The lowest BCUT2D eigenvalue weighted by Gasteiger charge is -2.16. The lowest BCUT2D eigenvalue weighted by molar-refractivity contribution is 0.292. The van der Waals surface area contributed by atoms with Gasteiger partial charge in [0, 0.05) is 4.83 Å². The van der Waals surface area contributed by atoms with E-state index in [1.54, 1.807) is 0 Å². The van der Waals surface area contributed by atoms with E-state index in [1.165, 1.54) is 0 Å². The van der Waals surface area contributed by atoms with Gasteiger partial charge in [0.05, 0.1) is 9.84 Å². The Labute approximate surface area is 80.6 Å². The van der Waals surface area contributed by atoms with Gasteiger partial charge in [-0.3, -0.25) is 0 Å². The second-order valence-electron chi connectivity index (χ2n) is 2.05. The molecule has 0 rings (SSSR count). The maximum atomic E-state index is 8.61. The topological polar surface area (TPSA) is 20.2 Å². The molecule has 0 amide bonds. The molecular formula is C5H9Br3O. The Balaban J connectivity index is 3.47. The van der Waals surface area contributed by atoms with E-state index in [0.717, 1.165) is 6.42 Å². The molecule has 9 heavy (non-hydrogen) atoms. The monoisotopic (exact) mass is 322 g/mol. The van der Waals surface area contributed by atoms with Gasteiger partial charge in [0.2, 0.25) is 0 Å². The number of aliphatic hydroxyl groups excluding tert-OH is 1. The van der Waals surface area contributed by atoms with E-state index in [0.29, 0.717) is 0 Å². The number of aliphatic hydroxyl groups is 1. The van der Waals surface area contributed by atoms with Crippen molar-refractivity contribution in [3.8, 4) is 0 Å². The highest BCUT2D eigenvalue weighted by Crippen LogP contribution is 2.32. The molecule has 0 heterocycles. The van der Waals surface area contributed by atoms with Crippen molar-refractivity contribution < 1.29 is 5.11 Å². The molecule has 4 heteroatoms. The minimum atomic E-state index is -0.0586. The summed E-state index contributed by atoms with van der Waals surface area (Å²) >= 11 is 10.1. The molecule has 0 aliphatic carbocycles. The molecule has 56 valence electrons. The van der Waals surface area contributed by atoms with Crippen molar-refractivity contribution in [3.05, 3.63) is 0 Å². The Bertz CT molecular complexity index is 78.8. The van der Waals surface area contributed by atoms with Crippen molar-refractivity contribution >= 4 is 47.8 Å². The summed E-state index contributed by atoms with van der Waals surface area (Å²) in [5, 5.41) is 8.61. The van der Waals surface area contributed by atoms with Crippen molar-refractivity contribution in [3.63, 3.8) is 0 Å². The van der Waals surface area contributed by atoms with Crippen molar-refractivity contribution in [2.45, 2.75) is 21.4 Å². The van der Waals surface area contributed by atoms with Crippen LogP contribution < -0.4 is 0 Å². The Hall–Kier alpha value is 1.40. The first kappa shape index (κ1) is 10.4. The fraction of sp³-hybridized carbons (Fsp3) is 1.00. The van der Waals surface area contributed by atoms with Crippen LogP contribution in [0.2, 0.25) is 0 Å². The fourth-order valence-corrected chi connectivity index (χ4v) is 2.75. The lowest BCUT2D eigenvalue weighted by atomic mass is 10.3. The van der Waals surface area contributed by atoms with Gasteiger partial charge in [0.15, 0.2) is 0 Å². The second kappa shape index (κ2) is 4.31. The molecule has 1 N–H and O–H groups in total. The number of alkyl halides is 3. The highest BCUT2D eigenvalue weighted by Gasteiger charge is 2.19. The fourth-order valence-electron chi connectivity index (χ4n) is 0.453. The molecule has 0 saturated heterocycles. The van der Waals surface area contributed by atoms with Crippen LogP contribution in [0.25, 0.3) is 0 Å². The van der Waals surface area contributed by atoms with Gasteiger partial charge in [-0.2, -0.15) is 0 Å². The molecule has 0 aliphatic rings. The van der Waals surface area contributed by atoms with Crippen LogP contribution in [0.3, 0.4) is 0 Å². The van der Waals surface area contributed by atoms with E-state index in [2.05, 4.69) is 47.8 Å². The summed E-state index contributed by atoms with van der Waals surface area (Å²) in [6.45, 7) is 2.17. The van der Waals surface area contributed by atoms with Crippen LogP contribution in [0, 0.1) is 0 Å². The molecule has 0 radical (unpaired) electrons. The third-order valence-electron chi connectivity index (χ3n) is 0.778. The highest BCUT2D eigenvalue weighted by atomic mass is 79.9. The standard InChI is InChI=1S/C5H9Br3O/c1-5(7,8)2-4(6)3-9/h4,9H,2-3H2,1H3. The van der Waals surface area contributed by atoms with Gasteiger partial charge in [-0.05, 0) is 13.3 Å². The Morgan fingerprint density at radius 1 is 1.56 bits per heavy atom. The number of rotatable bonds is 3. The zero-order valence-electron chi connectivity index (χ0n) is 5.07. The molecule has 0 spiro atoms. The summed E-state index contributed by atoms with van der Waals surface area (Å²) in [5.74, 6) is 0. The summed E-state index contributed by atoms with van der Waals surface area (Å²) in [4.78, 5) is 0.168. The maximum absolute atomic E-state index is 8.61. The summed E-state index contributed by atoms with van der Waals surface area (Å²) in [7, 11) is 0. The number of halogens is 3. The zero-order chi connectivity index (χ0) is 7.49. The predicted octanol–water partition coefficient (Wildman–Crippen LogP) is 2.64. The van der Waals surface area contributed by atoms with Crippen molar-refractivity contribution in [2.24, 2.45) is 0 Å². The molecule has 0 aromatic rings. The second-order valence-corrected chi connectivity index (χ2v) is 7.91. The van der Waals surface area contributed by atoms with Crippen molar-refractivity contribution in [1.82, 2.24) is 0 Å². The van der Waals surface area contributed by atoms with Crippen LogP contribution in [0.4, 0.5) is 0 Å². The van der Waals surface area contributed by atoms with E-state index in [1.807, 2.05) is 6.92 Å². The van der Waals surface area contributed by atoms with Gasteiger partial charge >= 0.3 is 0 Å². The average molecular weight is 325 g/mol. The van der Waals surface area contributed by atoms with E-state index in [9.17, 15) is 0 Å². The van der Waals surface area contributed by atoms with E-state index >= 15 is 0 Å². The predicted molar refractivity (Wildman–Crippen MR) is 50.7 cm³/mol. The number of hydrogen-bond donors (Lipinski definition) is 1. The first-order chi connectivity index (χ1) is 3.95. The summed E-state index contributed by atoms with van der Waals surface area (Å²) in [6.07, 6.45) is 0.851.